The highest BCUT2D eigenvalue weighted by Gasteiger charge is 2.42. The molecule has 2 aromatic heterocycles. The molecule has 4 rings (SSSR count). The molecule has 1 N–H and O–H groups in total. The van der Waals surface area contributed by atoms with Crippen molar-refractivity contribution in [2.75, 3.05) is 7.11 Å². The number of nitrogens with one attached hydrogen (secondary N) is 1. The van der Waals surface area contributed by atoms with Crippen LogP contribution < -0.4 is 4.72 Å². The number of benzene rings is 1. The van der Waals surface area contributed by atoms with Crippen molar-refractivity contribution in [3.05, 3.63) is 33.8 Å². The highest BCUT2D eigenvalue weighted by Crippen LogP contribution is 2.46. The molecule has 0 unspecified atom stereocenters. The monoisotopic (exact) mass is 684 g/mol. The minimum Gasteiger partial charge on any atom is -0.461 e. The summed E-state index contributed by atoms with van der Waals surface area (Å²) in [6, 6.07) is 0.180. The Morgan fingerprint density at radius 2 is 1.91 bits per heavy atom. The lowest BCUT2D eigenvalue weighted by atomic mass is 9.76. The lowest BCUT2D eigenvalue weighted by Crippen LogP contribution is -2.44. The van der Waals surface area contributed by atoms with Crippen LogP contribution in [0.15, 0.2) is 21.6 Å². The summed E-state index contributed by atoms with van der Waals surface area (Å²) in [6.45, 7) is 4.92. The lowest BCUT2D eigenvalue weighted by molar-refractivity contribution is -0.151. The molecule has 2 heterocycles. The van der Waals surface area contributed by atoms with Gasteiger partial charge in [0.05, 0.1) is 32.6 Å². The van der Waals surface area contributed by atoms with Gasteiger partial charge in [0, 0.05) is 19.1 Å². The van der Waals surface area contributed by atoms with Crippen LogP contribution in [0.5, 0.6) is 0 Å². The third kappa shape index (κ3) is 7.34. The minimum absolute atomic E-state index is 0.148. The summed E-state index contributed by atoms with van der Waals surface area (Å²) in [5, 5.41) is 3.77. The summed E-state index contributed by atoms with van der Waals surface area (Å²) in [7, 11) is -3.07. The van der Waals surface area contributed by atoms with Crippen LogP contribution >= 0.6 is 34.5 Å². The number of aromatic nitrogens is 3. The fourth-order valence-corrected chi connectivity index (χ4v) is 7.87. The molecule has 0 spiro atoms. The van der Waals surface area contributed by atoms with Crippen molar-refractivity contribution in [1.82, 2.24) is 19.8 Å². The van der Waals surface area contributed by atoms with Gasteiger partial charge >= 0.3 is 6.18 Å². The number of thiazole rings is 1. The molecule has 17 heteroatoms. The second kappa shape index (κ2) is 12.6. The molecule has 1 saturated carbocycles. The Balaban J connectivity index is 1.75. The first kappa shape index (κ1) is 33.6. The van der Waals surface area contributed by atoms with E-state index in [0.29, 0.717) is 34.0 Å². The molecule has 0 bridgehead atoms. The Labute approximate surface area is 260 Å². The second-order valence-corrected chi connectivity index (χ2v) is 14.2. The van der Waals surface area contributed by atoms with Gasteiger partial charge in [-0.3, -0.25) is 4.79 Å². The minimum atomic E-state index is -4.79. The number of hydrogen-bond acceptors (Lipinski definition) is 10. The number of sulfonamides is 1. The maximum absolute atomic E-state index is 13.3. The van der Waals surface area contributed by atoms with Crippen molar-refractivity contribution in [3.63, 3.8) is 0 Å². The first-order valence-corrected chi connectivity index (χ1v) is 16.2. The van der Waals surface area contributed by atoms with Gasteiger partial charge in [-0.2, -0.15) is 22.9 Å². The zero-order valence-corrected chi connectivity index (χ0v) is 26.7. The first-order chi connectivity index (χ1) is 20.0. The van der Waals surface area contributed by atoms with Crippen LogP contribution in [0.25, 0.3) is 21.3 Å². The van der Waals surface area contributed by atoms with Crippen LogP contribution in [0.2, 0.25) is 10.0 Å². The van der Waals surface area contributed by atoms with Crippen LogP contribution in [0.1, 0.15) is 58.0 Å². The van der Waals surface area contributed by atoms with Gasteiger partial charge in [-0.15, -0.1) is 11.3 Å². The van der Waals surface area contributed by atoms with Gasteiger partial charge in [0.2, 0.25) is 21.7 Å². The zero-order valence-electron chi connectivity index (χ0n) is 23.5. The number of methoxy groups -OCH3 is 1. The molecule has 1 aliphatic rings. The van der Waals surface area contributed by atoms with Crippen molar-refractivity contribution in [1.29, 1.82) is 0 Å². The molecule has 0 aliphatic heterocycles. The van der Waals surface area contributed by atoms with E-state index in [0.717, 1.165) is 36.7 Å². The van der Waals surface area contributed by atoms with E-state index in [4.69, 9.17) is 42.2 Å². The highest BCUT2D eigenvalue weighted by molar-refractivity contribution is 7.89. The van der Waals surface area contributed by atoms with Crippen LogP contribution in [-0.4, -0.2) is 60.5 Å². The van der Waals surface area contributed by atoms with Gasteiger partial charge in [-0.25, -0.2) is 13.4 Å². The largest absolute Gasteiger partial charge is 0.461 e. The average Bonchev–Trinajstić information content (AvgIpc) is 3.52. The fraction of sp³-hybridized carbons (Fsp3) is 0.538. The molecule has 1 fully saturated rings. The number of carbonyl (C=O) groups is 1. The van der Waals surface area contributed by atoms with E-state index in [-0.39, 0.29) is 23.2 Å². The Morgan fingerprint density at radius 3 is 2.47 bits per heavy atom. The van der Waals surface area contributed by atoms with Gasteiger partial charge < -0.3 is 14.0 Å². The van der Waals surface area contributed by atoms with Crippen LogP contribution in [0.3, 0.4) is 0 Å². The number of alkyl halides is 3. The number of nitrogens with zero attached hydrogens (tertiary/aromatic N) is 3. The number of hydrogen-bond donors (Lipinski definition) is 1. The molecule has 1 aliphatic carbocycles. The number of rotatable bonds is 13. The quantitative estimate of drug-likeness (QED) is 0.203. The molecule has 236 valence electrons. The number of halogens is 5. The third-order valence-electron chi connectivity index (χ3n) is 7.17. The van der Waals surface area contributed by atoms with E-state index in [1.54, 1.807) is 25.7 Å². The maximum Gasteiger partial charge on any atom is 0.404 e. The Morgan fingerprint density at radius 1 is 1.21 bits per heavy atom. The van der Waals surface area contributed by atoms with Gasteiger partial charge in [0.15, 0.2) is 5.01 Å². The standard InChI is InChI=1S/C26H29Cl2F3N4O6S2/c1-5-17(26(29,30)31)35-43(37,38)16-8-7-14(19(27)20(16)28)21-15(11-25(39-4)9-6-10-25)32-23(42-21)22-33-18(41-34-22)12-24(2,3)40-13-36/h7-8,13,17,35H,5-6,9-12H2,1-4H3/t17-/m0/s1. The fourth-order valence-electron chi connectivity index (χ4n) is 4.60. The molecule has 1 aromatic carbocycles. The molecule has 0 radical (unpaired) electrons. The van der Waals surface area contributed by atoms with Crippen molar-refractivity contribution < 1.29 is 40.4 Å². The Kier molecular flexibility index (Phi) is 9.84. The highest BCUT2D eigenvalue weighted by atomic mass is 35.5. The molecule has 0 saturated heterocycles. The SMILES string of the molecule is CC[C@H](NS(=O)(=O)c1ccc(-c2sc(-c3noc(CC(C)(C)OC=O)n3)nc2CC2(OC)CCC2)c(Cl)c1Cl)C(F)(F)F. The maximum atomic E-state index is 13.3. The van der Waals surface area contributed by atoms with Crippen LogP contribution in [0, 0.1) is 0 Å². The summed E-state index contributed by atoms with van der Waals surface area (Å²) >= 11 is 14.1. The first-order valence-electron chi connectivity index (χ1n) is 13.1. The van der Waals surface area contributed by atoms with Crippen molar-refractivity contribution >= 4 is 51.0 Å². The van der Waals surface area contributed by atoms with Gasteiger partial charge in [-0.1, -0.05) is 41.3 Å². The predicted octanol–water partition coefficient (Wildman–Crippen LogP) is 6.39. The number of carbonyl (C=O) groups excluding carboxylic acids is 1. The van der Waals surface area contributed by atoms with E-state index in [1.807, 2.05) is 0 Å². The smallest absolute Gasteiger partial charge is 0.404 e. The lowest BCUT2D eigenvalue weighted by Gasteiger charge is -2.40. The molecule has 1 atom stereocenters. The zero-order chi connectivity index (χ0) is 31.8. The van der Waals surface area contributed by atoms with E-state index in [9.17, 15) is 26.4 Å². The van der Waals surface area contributed by atoms with Crippen LogP contribution in [-0.2, 0) is 37.1 Å². The topological polar surface area (TPSA) is 134 Å². The summed E-state index contributed by atoms with van der Waals surface area (Å²) in [5.41, 5.74) is -0.470. The van der Waals surface area contributed by atoms with Crippen molar-refractivity contribution in [2.45, 2.75) is 87.6 Å². The van der Waals surface area contributed by atoms with E-state index in [2.05, 4.69) is 10.1 Å². The molecule has 0 amide bonds. The van der Waals surface area contributed by atoms with Crippen molar-refractivity contribution in [2.24, 2.45) is 0 Å². The van der Waals surface area contributed by atoms with Gasteiger partial charge in [-0.05, 0) is 45.6 Å². The molecular weight excluding hydrogens is 656 g/mol. The summed E-state index contributed by atoms with van der Waals surface area (Å²) in [6.07, 6.45) is -2.21. The van der Waals surface area contributed by atoms with Gasteiger partial charge in [0.1, 0.15) is 16.5 Å². The van der Waals surface area contributed by atoms with E-state index >= 15 is 0 Å². The normalized spacial score (nSPS) is 16.1. The Bertz CT molecular complexity index is 1580. The Hall–Kier alpha value is -2.30. The average molecular weight is 686 g/mol. The third-order valence-corrected chi connectivity index (χ3v) is 10.8. The molecule has 10 nitrogen and oxygen atoms in total. The molecule has 43 heavy (non-hydrogen) atoms. The van der Waals surface area contributed by atoms with Crippen molar-refractivity contribution in [3.8, 4) is 21.3 Å². The molecule has 3 aromatic rings. The summed E-state index contributed by atoms with van der Waals surface area (Å²) in [5.74, 6) is 0.373. The van der Waals surface area contributed by atoms with Crippen LogP contribution in [0.4, 0.5) is 13.2 Å². The second-order valence-electron chi connectivity index (χ2n) is 10.7. The summed E-state index contributed by atoms with van der Waals surface area (Å²) < 4.78 is 83.6. The van der Waals surface area contributed by atoms with Gasteiger partial charge in [0.25, 0.3) is 6.47 Å². The number of ether oxygens (including phenoxy) is 2. The predicted molar refractivity (Wildman–Crippen MR) is 154 cm³/mol. The molecular formula is C26H29Cl2F3N4O6S2. The summed E-state index contributed by atoms with van der Waals surface area (Å²) in [4.78, 5) is 19.9. The van der Waals surface area contributed by atoms with E-state index in [1.165, 1.54) is 13.0 Å². The van der Waals surface area contributed by atoms with E-state index < -0.39 is 49.8 Å².